The molecule has 0 fully saturated rings. The van der Waals surface area contributed by atoms with Crippen LogP contribution in [0.3, 0.4) is 0 Å². The van der Waals surface area contributed by atoms with E-state index in [1.165, 1.54) is 36.5 Å². The summed E-state index contributed by atoms with van der Waals surface area (Å²) in [5.41, 5.74) is 3.87. The molecule has 0 aliphatic carbocycles. The zero-order valence-corrected chi connectivity index (χ0v) is 13.5. The van der Waals surface area contributed by atoms with Crippen LogP contribution in [0, 0.1) is 10.5 Å². The molecule has 3 heteroatoms. The Hall–Kier alpha value is -1.62. The fourth-order valence-corrected chi connectivity index (χ4v) is 3.53. The first-order chi connectivity index (χ1) is 9.68. The number of hydrogen-bond donors (Lipinski definition) is 0. The molecule has 0 bridgehead atoms. The van der Waals surface area contributed by atoms with Crippen molar-refractivity contribution in [3.8, 4) is 0 Å². The summed E-state index contributed by atoms with van der Waals surface area (Å²) in [4.78, 5) is 0. The monoisotopic (exact) mass is 373 g/mol. The molecule has 2 nitrogen and oxygen atoms in total. The molecule has 0 amide bonds. The second-order valence-electron chi connectivity index (χ2n) is 5.21. The molecule has 0 unspecified atom stereocenters. The third-order valence-electron chi connectivity index (χ3n) is 4.08. The number of aryl methyl sites for hydroxylation is 2. The molecule has 2 aromatic heterocycles. The highest BCUT2D eigenvalue weighted by Crippen LogP contribution is 2.32. The lowest BCUT2D eigenvalue weighted by atomic mass is 10.0. The highest BCUT2D eigenvalue weighted by Gasteiger charge is 2.19. The topological polar surface area (TPSA) is 8.29 Å². The van der Waals surface area contributed by atoms with E-state index in [9.17, 15) is 0 Å². The van der Waals surface area contributed by atoms with Gasteiger partial charge in [0, 0.05) is 14.3 Å². The van der Waals surface area contributed by atoms with E-state index in [2.05, 4.69) is 94.3 Å². The molecule has 4 rings (SSSR count). The molecule has 0 atom stereocenters. The van der Waals surface area contributed by atoms with Crippen molar-refractivity contribution in [2.24, 2.45) is 7.05 Å². The average Bonchev–Trinajstić information content (AvgIpc) is 2.85. The maximum absolute atomic E-state index is 2.42. The van der Waals surface area contributed by atoms with Crippen LogP contribution < -0.4 is 4.57 Å². The number of imidazole rings is 1. The van der Waals surface area contributed by atoms with Gasteiger partial charge in [-0.2, -0.15) is 4.40 Å². The highest BCUT2D eigenvalue weighted by atomic mass is 127. The van der Waals surface area contributed by atoms with Gasteiger partial charge < -0.3 is 0 Å². The SMILES string of the molecule is Cc1c(I)ccc2c3ccccc3n3cc[n+](C)c3c12. The standard InChI is InChI=1S/C17H14IN2/c1-11-14(18)8-7-13-12-5-3-4-6-15(12)20-10-9-19(2)17(20)16(11)13/h3-10H,1-2H3/q+1. The van der Waals surface area contributed by atoms with Crippen LogP contribution >= 0.6 is 22.6 Å². The number of aromatic nitrogens is 2. The molecule has 2 aromatic carbocycles. The van der Waals surface area contributed by atoms with Crippen LogP contribution in [0.5, 0.6) is 0 Å². The predicted molar refractivity (Wildman–Crippen MR) is 91.0 cm³/mol. The molecule has 0 saturated heterocycles. The van der Waals surface area contributed by atoms with Crippen LogP contribution in [0.2, 0.25) is 0 Å². The molecule has 0 N–H and O–H groups in total. The largest absolute Gasteiger partial charge is 0.294 e. The number of hydrogen-bond acceptors (Lipinski definition) is 0. The first-order valence-corrected chi connectivity index (χ1v) is 7.72. The molecule has 98 valence electrons. The van der Waals surface area contributed by atoms with Crippen molar-refractivity contribution in [3.05, 3.63) is 57.9 Å². The number of para-hydroxylation sites is 1. The van der Waals surface area contributed by atoms with Crippen molar-refractivity contribution < 1.29 is 4.57 Å². The average molecular weight is 373 g/mol. The van der Waals surface area contributed by atoms with Crippen LogP contribution in [-0.4, -0.2) is 4.40 Å². The Balaban J connectivity index is 2.48. The predicted octanol–water partition coefficient (Wildman–Crippen LogP) is 3.98. The van der Waals surface area contributed by atoms with Crippen LogP contribution in [0.25, 0.3) is 27.3 Å². The van der Waals surface area contributed by atoms with Gasteiger partial charge in [-0.1, -0.05) is 24.3 Å². The lowest BCUT2D eigenvalue weighted by Crippen LogP contribution is -2.26. The van der Waals surface area contributed by atoms with E-state index in [1.807, 2.05) is 0 Å². The Morgan fingerprint density at radius 1 is 1.05 bits per heavy atom. The third-order valence-corrected chi connectivity index (χ3v) is 5.25. The van der Waals surface area contributed by atoms with E-state index in [4.69, 9.17) is 0 Å². The van der Waals surface area contributed by atoms with Crippen LogP contribution in [0.15, 0.2) is 48.8 Å². The normalized spacial score (nSPS) is 11.8. The van der Waals surface area contributed by atoms with Crippen molar-refractivity contribution in [2.75, 3.05) is 0 Å². The van der Waals surface area contributed by atoms with Crippen molar-refractivity contribution in [1.82, 2.24) is 4.40 Å². The molecule has 2 heterocycles. The maximum atomic E-state index is 2.42. The van der Waals surface area contributed by atoms with E-state index < -0.39 is 0 Å². The first kappa shape index (κ1) is 12.1. The van der Waals surface area contributed by atoms with Crippen molar-refractivity contribution >= 4 is 49.9 Å². The zero-order chi connectivity index (χ0) is 13.9. The Morgan fingerprint density at radius 2 is 1.85 bits per heavy atom. The number of nitrogens with zero attached hydrogens (tertiary/aromatic N) is 2. The van der Waals surface area contributed by atoms with E-state index in [-0.39, 0.29) is 0 Å². The van der Waals surface area contributed by atoms with Crippen molar-refractivity contribution in [2.45, 2.75) is 6.92 Å². The number of rotatable bonds is 0. The van der Waals surface area contributed by atoms with Crippen molar-refractivity contribution in [1.29, 1.82) is 0 Å². The Labute approximate surface area is 130 Å². The molecular weight excluding hydrogens is 359 g/mol. The summed E-state index contributed by atoms with van der Waals surface area (Å²) in [6.07, 6.45) is 4.27. The molecular formula is C17H14IN2+. The van der Waals surface area contributed by atoms with Crippen molar-refractivity contribution in [3.63, 3.8) is 0 Å². The molecule has 0 spiro atoms. The Bertz CT molecular complexity index is 983. The Morgan fingerprint density at radius 3 is 2.70 bits per heavy atom. The molecule has 0 radical (unpaired) electrons. The maximum Gasteiger partial charge on any atom is 0.294 e. The summed E-state index contributed by atoms with van der Waals surface area (Å²) >= 11 is 2.42. The summed E-state index contributed by atoms with van der Waals surface area (Å²) in [6.45, 7) is 2.21. The fourth-order valence-electron chi connectivity index (χ4n) is 3.08. The minimum absolute atomic E-state index is 1.26. The number of halogens is 1. The first-order valence-electron chi connectivity index (χ1n) is 6.64. The minimum atomic E-state index is 1.26. The van der Waals surface area contributed by atoms with E-state index >= 15 is 0 Å². The number of pyridine rings is 1. The van der Waals surface area contributed by atoms with E-state index in [0.717, 1.165) is 0 Å². The molecule has 0 aliphatic heterocycles. The summed E-state index contributed by atoms with van der Waals surface area (Å²) in [5, 5.41) is 3.99. The second kappa shape index (κ2) is 4.19. The van der Waals surface area contributed by atoms with Gasteiger partial charge in [0.05, 0.1) is 12.4 Å². The summed E-state index contributed by atoms with van der Waals surface area (Å²) < 4.78 is 5.81. The van der Waals surface area contributed by atoms with Gasteiger partial charge in [-0.25, -0.2) is 4.57 Å². The summed E-state index contributed by atoms with van der Waals surface area (Å²) in [7, 11) is 2.11. The van der Waals surface area contributed by atoms with E-state index in [0.29, 0.717) is 0 Å². The quantitative estimate of drug-likeness (QED) is 0.250. The van der Waals surface area contributed by atoms with Crippen LogP contribution in [0.1, 0.15) is 5.56 Å². The smallest absolute Gasteiger partial charge is 0.232 e. The molecule has 0 aliphatic rings. The highest BCUT2D eigenvalue weighted by molar-refractivity contribution is 14.1. The van der Waals surface area contributed by atoms with E-state index in [1.54, 1.807) is 0 Å². The van der Waals surface area contributed by atoms with Gasteiger partial charge in [0.15, 0.2) is 0 Å². The molecule has 0 saturated carbocycles. The second-order valence-corrected chi connectivity index (χ2v) is 6.38. The zero-order valence-electron chi connectivity index (χ0n) is 11.4. The van der Waals surface area contributed by atoms with Gasteiger partial charge in [-0.15, -0.1) is 0 Å². The van der Waals surface area contributed by atoms with Gasteiger partial charge in [0.25, 0.3) is 5.65 Å². The minimum Gasteiger partial charge on any atom is -0.232 e. The molecule has 20 heavy (non-hydrogen) atoms. The lowest BCUT2D eigenvalue weighted by molar-refractivity contribution is -0.643. The summed E-state index contributed by atoms with van der Waals surface area (Å²) in [6, 6.07) is 13.1. The van der Waals surface area contributed by atoms with Gasteiger partial charge in [0.1, 0.15) is 17.9 Å². The van der Waals surface area contributed by atoms with Gasteiger partial charge in [-0.3, -0.25) is 0 Å². The summed E-state index contributed by atoms with van der Waals surface area (Å²) in [5.74, 6) is 0. The third kappa shape index (κ3) is 1.47. The van der Waals surface area contributed by atoms with Crippen LogP contribution in [-0.2, 0) is 7.05 Å². The van der Waals surface area contributed by atoms with Gasteiger partial charge in [-0.05, 0) is 47.2 Å². The van der Waals surface area contributed by atoms with Crippen LogP contribution in [0.4, 0.5) is 0 Å². The van der Waals surface area contributed by atoms with Gasteiger partial charge in [0.2, 0.25) is 0 Å². The number of fused-ring (bicyclic) bond motifs is 6. The lowest BCUT2D eigenvalue weighted by Gasteiger charge is -2.08. The molecule has 4 aromatic rings. The Kier molecular flexibility index (Phi) is 2.54. The fraction of sp³-hybridized carbons (Fsp3) is 0.118. The number of benzene rings is 2. The van der Waals surface area contributed by atoms with Gasteiger partial charge >= 0.3 is 0 Å².